The van der Waals surface area contributed by atoms with E-state index in [1.807, 2.05) is 13.8 Å². The highest BCUT2D eigenvalue weighted by molar-refractivity contribution is 5.89. The summed E-state index contributed by atoms with van der Waals surface area (Å²) in [4.78, 5) is 23.2. The largest absolute Gasteiger partial charge is 0.464 e. The Balaban J connectivity index is 2.50. The van der Waals surface area contributed by atoms with Crippen molar-refractivity contribution in [3.63, 3.8) is 0 Å². The van der Waals surface area contributed by atoms with Crippen LogP contribution in [-0.4, -0.2) is 44.0 Å². The van der Waals surface area contributed by atoms with Crippen LogP contribution in [0.15, 0.2) is 0 Å². The fourth-order valence-electron chi connectivity index (χ4n) is 1.40. The Hall–Kier alpha value is -1.14. The molecule has 6 heteroatoms. The first-order chi connectivity index (χ1) is 8.06. The third-order valence-corrected chi connectivity index (χ3v) is 2.23. The second-order valence-electron chi connectivity index (χ2n) is 4.18. The number of hydrogen-bond acceptors (Lipinski definition) is 5. The minimum atomic E-state index is -0.956. The molecular formula is C11H19NO5. The average molecular weight is 245 g/mol. The third-order valence-electron chi connectivity index (χ3n) is 2.23. The summed E-state index contributed by atoms with van der Waals surface area (Å²) in [6, 6.07) is 0. The van der Waals surface area contributed by atoms with E-state index < -0.39 is 18.2 Å². The molecule has 0 spiro atoms. The number of rotatable bonds is 5. The number of hydrogen-bond donors (Lipinski definition) is 1. The van der Waals surface area contributed by atoms with Crippen LogP contribution in [0.4, 0.5) is 0 Å². The number of carbonyl (C=O) groups is 2. The van der Waals surface area contributed by atoms with Gasteiger partial charge >= 0.3 is 5.97 Å². The first kappa shape index (κ1) is 13.9. The maximum absolute atomic E-state index is 11.7. The lowest BCUT2D eigenvalue weighted by molar-refractivity contribution is -0.156. The quantitative estimate of drug-likeness (QED) is 0.693. The lowest BCUT2D eigenvalue weighted by atomic mass is 10.1. The fraction of sp³-hybridized carbons (Fsp3) is 0.818. The molecule has 1 saturated heterocycles. The van der Waals surface area contributed by atoms with Gasteiger partial charge in [-0.2, -0.15) is 0 Å². The van der Waals surface area contributed by atoms with Gasteiger partial charge < -0.3 is 19.5 Å². The molecule has 1 aliphatic heterocycles. The number of carbonyl (C=O) groups excluding carboxylic acids is 2. The lowest BCUT2D eigenvalue weighted by Gasteiger charge is -2.16. The van der Waals surface area contributed by atoms with Gasteiger partial charge in [0, 0.05) is 6.54 Å². The summed E-state index contributed by atoms with van der Waals surface area (Å²) in [5, 5.41) is 2.70. The van der Waals surface area contributed by atoms with Gasteiger partial charge in [0.15, 0.2) is 12.2 Å². The fourth-order valence-corrected chi connectivity index (χ4v) is 1.40. The van der Waals surface area contributed by atoms with Crippen molar-refractivity contribution in [2.75, 3.05) is 19.9 Å². The summed E-state index contributed by atoms with van der Waals surface area (Å²) in [7, 11) is 0. The SMILES string of the molecule is CCOC(=O)[C@@H]1OCO[C@H]1C(=O)NCC(C)C. The molecule has 0 aromatic heterocycles. The highest BCUT2D eigenvalue weighted by Gasteiger charge is 2.41. The molecule has 0 unspecified atom stereocenters. The van der Waals surface area contributed by atoms with Gasteiger partial charge in [0.25, 0.3) is 5.91 Å². The molecule has 0 aliphatic carbocycles. The number of amides is 1. The topological polar surface area (TPSA) is 73.9 Å². The molecule has 17 heavy (non-hydrogen) atoms. The maximum Gasteiger partial charge on any atom is 0.338 e. The Kier molecular flexibility index (Phi) is 5.37. The zero-order valence-corrected chi connectivity index (χ0v) is 10.4. The molecule has 0 radical (unpaired) electrons. The van der Waals surface area contributed by atoms with E-state index in [0.29, 0.717) is 12.5 Å². The number of esters is 1. The second kappa shape index (κ2) is 6.56. The van der Waals surface area contributed by atoms with E-state index in [1.54, 1.807) is 6.92 Å². The van der Waals surface area contributed by atoms with Crippen molar-refractivity contribution in [2.24, 2.45) is 5.92 Å². The van der Waals surface area contributed by atoms with Crippen LogP contribution in [-0.2, 0) is 23.8 Å². The van der Waals surface area contributed by atoms with Gasteiger partial charge in [-0.3, -0.25) is 4.79 Å². The molecule has 0 aromatic carbocycles. The van der Waals surface area contributed by atoms with Crippen LogP contribution in [0.1, 0.15) is 20.8 Å². The minimum absolute atomic E-state index is 0.0662. The molecule has 0 bridgehead atoms. The van der Waals surface area contributed by atoms with Crippen LogP contribution in [0, 0.1) is 5.92 Å². The van der Waals surface area contributed by atoms with Gasteiger partial charge in [0.05, 0.1) is 6.61 Å². The van der Waals surface area contributed by atoms with Crippen molar-refractivity contribution in [3.8, 4) is 0 Å². The zero-order chi connectivity index (χ0) is 12.8. The molecule has 0 saturated carbocycles. The van der Waals surface area contributed by atoms with Gasteiger partial charge in [0.2, 0.25) is 0 Å². The predicted octanol–water partition coefficient (Wildman–Crippen LogP) is 0.0632. The van der Waals surface area contributed by atoms with Crippen molar-refractivity contribution in [1.29, 1.82) is 0 Å². The van der Waals surface area contributed by atoms with E-state index >= 15 is 0 Å². The van der Waals surface area contributed by atoms with Crippen LogP contribution < -0.4 is 5.32 Å². The van der Waals surface area contributed by atoms with Gasteiger partial charge in [-0.25, -0.2) is 4.79 Å². The summed E-state index contributed by atoms with van der Waals surface area (Å²) in [6.45, 7) is 6.38. The number of ether oxygens (including phenoxy) is 3. The predicted molar refractivity (Wildman–Crippen MR) is 59.1 cm³/mol. The van der Waals surface area contributed by atoms with E-state index in [9.17, 15) is 9.59 Å². The molecule has 1 heterocycles. The van der Waals surface area contributed by atoms with E-state index in [1.165, 1.54) is 0 Å². The average Bonchev–Trinajstić information content (AvgIpc) is 2.75. The summed E-state index contributed by atoms with van der Waals surface area (Å²) in [6.07, 6.45) is -1.87. The Morgan fingerprint density at radius 2 is 2.00 bits per heavy atom. The van der Waals surface area contributed by atoms with E-state index in [-0.39, 0.29) is 19.3 Å². The van der Waals surface area contributed by atoms with Crippen molar-refractivity contribution in [3.05, 3.63) is 0 Å². The summed E-state index contributed by atoms with van der Waals surface area (Å²) >= 11 is 0. The summed E-state index contributed by atoms with van der Waals surface area (Å²) < 4.78 is 15.0. The van der Waals surface area contributed by atoms with Gasteiger partial charge in [-0.15, -0.1) is 0 Å². The molecule has 1 amide bonds. The Morgan fingerprint density at radius 1 is 1.35 bits per heavy atom. The monoisotopic (exact) mass is 245 g/mol. The maximum atomic E-state index is 11.7. The zero-order valence-electron chi connectivity index (χ0n) is 10.4. The van der Waals surface area contributed by atoms with Crippen molar-refractivity contribution < 1.29 is 23.8 Å². The Morgan fingerprint density at radius 3 is 2.59 bits per heavy atom. The minimum Gasteiger partial charge on any atom is -0.464 e. The van der Waals surface area contributed by atoms with Gasteiger partial charge in [0.1, 0.15) is 6.79 Å². The van der Waals surface area contributed by atoms with Crippen LogP contribution in [0.5, 0.6) is 0 Å². The highest BCUT2D eigenvalue weighted by Crippen LogP contribution is 2.14. The molecule has 2 atom stereocenters. The van der Waals surface area contributed by atoms with Crippen LogP contribution >= 0.6 is 0 Å². The normalized spacial score (nSPS) is 23.8. The first-order valence-electron chi connectivity index (χ1n) is 5.73. The van der Waals surface area contributed by atoms with Gasteiger partial charge in [-0.05, 0) is 12.8 Å². The van der Waals surface area contributed by atoms with E-state index in [4.69, 9.17) is 14.2 Å². The standard InChI is InChI=1S/C11H19NO5/c1-4-15-11(14)9-8(16-6-17-9)10(13)12-5-7(2)3/h7-9H,4-6H2,1-3H3,(H,12,13)/t8-,9-/m1/s1. The van der Waals surface area contributed by atoms with Crippen LogP contribution in [0.3, 0.4) is 0 Å². The van der Waals surface area contributed by atoms with Crippen molar-refractivity contribution in [2.45, 2.75) is 33.0 Å². The summed E-state index contributed by atoms with van der Waals surface area (Å²) in [5.41, 5.74) is 0. The molecule has 1 fully saturated rings. The first-order valence-corrected chi connectivity index (χ1v) is 5.73. The lowest BCUT2D eigenvalue weighted by Crippen LogP contribution is -2.45. The van der Waals surface area contributed by atoms with Crippen LogP contribution in [0.2, 0.25) is 0 Å². The third kappa shape index (κ3) is 3.98. The van der Waals surface area contributed by atoms with Crippen molar-refractivity contribution in [1.82, 2.24) is 5.32 Å². The second-order valence-corrected chi connectivity index (χ2v) is 4.18. The van der Waals surface area contributed by atoms with E-state index in [0.717, 1.165) is 0 Å². The summed E-state index contributed by atoms with van der Waals surface area (Å²) in [5.74, 6) is -0.564. The number of nitrogens with one attached hydrogen (secondary N) is 1. The Labute approximate surface area is 101 Å². The molecule has 1 aliphatic rings. The molecule has 0 aromatic rings. The smallest absolute Gasteiger partial charge is 0.338 e. The molecule has 6 nitrogen and oxygen atoms in total. The molecular weight excluding hydrogens is 226 g/mol. The van der Waals surface area contributed by atoms with Crippen LogP contribution in [0.25, 0.3) is 0 Å². The molecule has 1 rings (SSSR count). The molecule has 98 valence electrons. The van der Waals surface area contributed by atoms with Crippen molar-refractivity contribution >= 4 is 11.9 Å². The Bertz CT molecular complexity index is 279. The van der Waals surface area contributed by atoms with E-state index in [2.05, 4.69) is 5.32 Å². The molecule has 1 N–H and O–H groups in total. The highest BCUT2D eigenvalue weighted by atomic mass is 16.7. The van der Waals surface area contributed by atoms with Gasteiger partial charge in [-0.1, -0.05) is 13.8 Å².